The number of para-hydroxylation sites is 1. The van der Waals surface area contributed by atoms with Crippen LogP contribution in [0.25, 0.3) is 0 Å². The zero-order valence-electron chi connectivity index (χ0n) is 12.5. The van der Waals surface area contributed by atoms with Crippen LogP contribution >= 0.6 is 0 Å². The normalized spacial score (nSPS) is 10.3. The molecule has 116 valence electrons. The second kappa shape index (κ2) is 7.42. The van der Waals surface area contributed by atoms with E-state index in [1.807, 2.05) is 18.2 Å². The van der Waals surface area contributed by atoms with Crippen LogP contribution in [0, 0.1) is 10.1 Å². The van der Waals surface area contributed by atoms with E-state index in [4.69, 9.17) is 9.47 Å². The van der Waals surface area contributed by atoms with E-state index in [1.54, 1.807) is 32.4 Å². The first kappa shape index (κ1) is 15.8. The molecule has 0 saturated heterocycles. The van der Waals surface area contributed by atoms with Gasteiger partial charge in [0.25, 0.3) is 5.69 Å². The molecule has 0 spiro atoms. The van der Waals surface area contributed by atoms with Gasteiger partial charge in [-0.15, -0.1) is 0 Å². The van der Waals surface area contributed by atoms with Crippen molar-refractivity contribution in [3.8, 4) is 11.5 Å². The molecule has 0 aliphatic carbocycles. The van der Waals surface area contributed by atoms with Crippen molar-refractivity contribution in [1.29, 1.82) is 0 Å². The lowest BCUT2D eigenvalue weighted by Gasteiger charge is -2.11. The molecule has 2 rings (SSSR count). The number of nitrogens with one attached hydrogen (secondary N) is 1. The van der Waals surface area contributed by atoms with Crippen molar-refractivity contribution in [3.63, 3.8) is 0 Å². The first-order chi connectivity index (χ1) is 10.7. The third-order valence-corrected chi connectivity index (χ3v) is 3.31. The van der Waals surface area contributed by atoms with Crippen molar-refractivity contribution < 1.29 is 14.4 Å². The maximum atomic E-state index is 11.0. The molecule has 0 aliphatic rings. The Kier molecular flexibility index (Phi) is 5.32. The molecule has 0 unspecified atom stereocenters. The summed E-state index contributed by atoms with van der Waals surface area (Å²) in [6.45, 7) is 0.950. The van der Waals surface area contributed by atoms with Gasteiger partial charge in [0.15, 0.2) is 0 Å². The summed E-state index contributed by atoms with van der Waals surface area (Å²) >= 11 is 0. The van der Waals surface area contributed by atoms with Crippen molar-refractivity contribution in [3.05, 3.63) is 63.7 Å². The summed E-state index contributed by atoms with van der Waals surface area (Å²) < 4.78 is 10.5. The highest BCUT2D eigenvalue weighted by Crippen LogP contribution is 2.24. The zero-order valence-corrected chi connectivity index (χ0v) is 12.5. The molecule has 22 heavy (non-hydrogen) atoms. The average molecular weight is 302 g/mol. The predicted octanol–water partition coefficient (Wildman–Crippen LogP) is 2.90. The number of ether oxygens (including phenoxy) is 2. The molecule has 0 radical (unpaired) electrons. The van der Waals surface area contributed by atoms with E-state index in [0.717, 1.165) is 17.1 Å². The molecule has 0 aliphatic heterocycles. The van der Waals surface area contributed by atoms with Gasteiger partial charge in [-0.1, -0.05) is 24.3 Å². The zero-order chi connectivity index (χ0) is 15.9. The highest BCUT2D eigenvalue weighted by molar-refractivity contribution is 5.41. The van der Waals surface area contributed by atoms with Gasteiger partial charge < -0.3 is 14.8 Å². The highest BCUT2D eigenvalue weighted by atomic mass is 16.6. The molecule has 6 heteroatoms. The number of benzene rings is 2. The lowest BCUT2D eigenvalue weighted by Crippen LogP contribution is -2.14. The molecule has 0 amide bonds. The topological polar surface area (TPSA) is 73.6 Å². The van der Waals surface area contributed by atoms with Gasteiger partial charge in [-0.05, 0) is 6.07 Å². The minimum Gasteiger partial charge on any atom is -0.497 e. The summed E-state index contributed by atoms with van der Waals surface area (Å²) in [7, 11) is 3.20. The van der Waals surface area contributed by atoms with Gasteiger partial charge in [0, 0.05) is 36.3 Å². The van der Waals surface area contributed by atoms with Crippen molar-refractivity contribution in [2.75, 3.05) is 14.2 Å². The lowest BCUT2D eigenvalue weighted by molar-refractivity contribution is -0.385. The van der Waals surface area contributed by atoms with Crippen LogP contribution in [0.15, 0.2) is 42.5 Å². The summed E-state index contributed by atoms with van der Waals surface area (Å²) in [4.78, 5) is 10.6. The fourth-order valence-corrected chi connectivity index (χ4v) is 2.17. The van der Waals surface area contributed by atoms with Crippen LogP contribution < -0.4 is 14.8 Å². The monoisotopic (exact) mass is 302 g/mol. The molecule has 2 aromatic carbocycles. The Labute approximate surface area is 128 Å². The van der Waals surface area contributed by atoms with Gasteiger partial charge >= 0.3 is 0 Å². The fourth-order valence-electron chi connectivity index (χ4n) is 2.17. The molecule has 6 nitrogen and oxygen atoms in total. The number of rotatable bonds is 7. The van der Waals surface area contributed by atoms with Crippen LogP contribution in [0.3, 0.4) is 0 Å². The van der Waals surface area contributed by atoms with Crippen LogP contribution in [0.2, 0.25) is 0 Å². The van der Waals surface area contributed by atoms with Crippen LogP contribution in [0.4, 0.5) is 5.69 Å². The third kappa shape index (κ3) is 3.73. The molecular weight excluding hydrogens is 284 g/mol. The van der Waals surface area contributed by atoms with Gasteiger partial charge in [-0.2, -0.15) is 0 Å². The molecule has 0 heterocycles. The number of nitro groups is 1. The van der Waals surface area contributed by atoms with Gasteiger partial charge in [0.05, 0.1) is 19.1 Å². The molecule has 1 N–H and O–H groups in total. The maximum Gasteiger partial charge on any atom is 0.273 e. The Bertz CT molecular complexity index is 658. The van der Waals surface area contributed by atoms with E-state index in [2.05, 4.69) is 5.32 Å². The van der Waals surface area contributed by atoms with Crippen molar-refractivity contribution >= 4 is 5.69 Å². The number of methoxy groups -OCH3 is 2. The van der Waals surface area contributed by atoms with E-state index >= 15 is 0 Å². The molecule has 0 fully saturated rings. The summed E-state index contributed by atoms with van der Waals surface area (Å²) in [5, 5.41) is 14.2. The number of nitro benzene ring substituents is 1. The molecular formula is C16H18N2O4. The predicted molar refractivity (Wildman–Crippen MR) is 83.2 cm³/mol. The first-order valence-corrected chi connectivity index (χ1v) is 6.79. The van der Waals surface area contributed by atoms with E-state index in [1.165, 1.54) is 6.07 Å². The second-order valence-corrected chi connectivity index (χ2v) is 4.67. The Balaban J connectivity index is 2.04. The van der Waals surface area contributed by atoms with Gasteiger partial charge in [-0.25, -0.2) is 0 Å². The van der Waals surface area contributed by atoms with Crippen molar-refractivity contribution in [2.24, 2.45) is 0 Å². The Morgan fingerprint density at radius 2 is 1.77 bits per heavy atom. The van der Waals surface area contributed by atoms with Gasteiger partial charge in [0.1, 0.15) is 11.5 Å². The largest absolute Gasteiger partial charge is 0.497 e. The third-order valence-electron chi connectivity index (χ3n) is 3.31. The lowest BCUT2D eigenvalue weighted by atomic mass is 10.1. The average Bonchev–Trinajstić information content (AvgIpc) is 2.55. The summed E-state index contributed by atoms with van der Waals surface area (Å²) in [5.41, 5.74) is 1.73. The van der Waals surface area contributed by atoms with Crippen LogP contribution in [-0.4, -0.2) is 19.1 Å². The van der Waals surface area contributed by atoms with Crippen molar-refractivity contribution in [2.45, 2.75) is 13.1 Å². The van der Waals surface area contributed by atoms with Crippen molar-refractivity contribution in [1.82, 2.24) is 5.32 Å². The maximum absolute atomic E-state index is 11.0. The SMILES string of the molecule is COc1ccc(CNCc2ccccc2[N+](=O)[O-])c(OC)c1. The molecule has 0 atom stereocenters. The summed E-state index contributed by atoms with van der Waals surface area (Å²) in [6.07, 6.45) is 0. The molecule has 0 bridgehead atoms. The van der Waals surface area contributed by atoms with E-state index in [-0.39, 0.29) is 10.6 Å². The van der Waals surface area contributed by atoms with E-state index in [0.29, 0.717) is 18.7 Å². The summed E-state index contributed by atoms with van der Waals surface area (Å²) in [5.74, 6) is 1.44. The highest BCUT2D eigenvalue weighted by Gasteiger charge is 2.12. The molecule has 0 saturated carbocycles. The van der Waals surface area contributed by atoms with E-state index < -0.39 is 0 Å². The molecule has 2 aromatic rings. The van der Waals surface area contributed by atoms with Crippen LogP contribution in [0.5, 0.6) is 11.5 Å². The number of hydrogen-bond donors (Lipinski definition) is 1. The van der Waals surface area contributed by atoms with Crippen LogP contribution in [-0.2, 0) is 13.1 Å². The fraction of sp³-hybridized carbons (Fsp3) is 0.250. The minimum absolute atomic E-state index is 0.122. The van der Waals surface area contributed by atoms with Gasteiger partial charge in [-0.3, -0.25) is 10.1 Å². The second-order valence-electron chi connectivity index (χ2n) is 4.67. The Hall–Kier alpha value is -2.60. The Morgan fingerprint density at radius 3 is 2.45 bits per heavy atom. The standard InChI is InChI=1S/C16H18N2O4/c1-21-14-8-7-13(16(9-14)22-2)11-17-10-12-5-3-4-6-15(12)18(19)20/h3-9,17H,10-11H2,1-2H3. The Morgan fingerprint density at radius 1 is 1.05 bits per heavy atom. The smallest absolute Gasteiger partial charge is 0.273 e. The summed E-state index contributed by atoms with van der Waals surface area (Å²) in [6, 6.07) is 12.3. The quantitative estimate of drug-likeness (QED) is 0.629. The number of nitrogens with zero attached hydrogens (tertiary/aromatic N) is 1. The molecule has 0 aromatic heterocycles. The first-order valence-electron chi connectivity index (χ1n) is 6.79. The van der Waals surface area contributed by atoms with E-state index in [9.17, 15) is 10.1 Å². The minimum atomic E-state index is -0.370. The van der Waals surface area contributed by atoms with Crippen LogP contribution in [0.1, 0.15) is 11.1 Å². The number of hydrogen-bond acceptors (Lipinski definition) is 5. The van der Waals surface area contributed by atoms with Gasteiger partial charge in [0.2, 0.25) is 0 Å².